The van der Waals surface area contributed by atoms with Gasteiger partial charge in [0.25, 0.3) is 0 Å². The summed E-state index contributed by atoms with van der Waals surface area (Å²) in [5, 5.41) is 8.88. The van der Waals surface area contributed by atoms with E-state index in [1.54, 1.807) is 6.07 Å². The van der Waals surface area contributed by atoms with Gasteiger partial charge in [0.1, 0.15) is 4.21 Å². The lowest BCUT2D eigenvalue weighted by atomic mass is 10.2. The Balaban J connectivity index is 2.06. The molecule has 16 heavy (non-hydrogen) atoms. The summed E-state index contributed by atoms with van der Waals surface area (Å²) in [6.07, 6.45) is 2.17. The van der Waals surface area contributed by atoms with Crippen LogP contribution in [-0.2, 0) is 16.6 Å². The van der Waals surface area contributed by atoms with Gasteiger partial charge in [-0.2, -0.15) is 0 Å². The van der Waals surface area contributed by atoms with Gasteiger partial charge in [-0.05, 0) is 30.4 Å². The van der Waals surface area contributed by atoms with Crippen molar-refractivity contribution in [2.45, 2.75) is 30.6 Å². The molecule has 0 radical (unpaired) electrons. The van der Waals surface area contributed by atoms with Gasteiger partial charge in [-0.3, -0.25) is 0 Å². The zero-order chi connectivity index (χ0) is 11.8. The molecule has 0 aromatic carbocycles. The van der Waals surface area contributed by atoms with Crippen LogP contribution in [0.15, 0.2) is 16.3 Å². The van der Waals surface area contributed by atoms with Gasteiger partial charge >= 0.3 is 0 Å². The van der Waals surface area contributed by atoms with Crippen LogP contribution < -0.4 is 4.72 Å². The second-order valence-corrected chi connectivity index (χ2v) is 7.68. The molecule has 1 aliphatic rings. The van der Waals surface area contributed by atoms with Gasteiger partial charge in [-0.1, -0.05) is 6.92 Å². The zero-order valence-corrected chi connectivity index (χ0v) is 10.7. The number of nitrogens with one attached hydrogen (secondary N) is 1. The van der Waals surface area contributed by atoms with Crippen molar-refractivity contribution in [3.8, 4) is 0 Å². The smallest absolute Gasteiger partial charge is 0.250 e. The zero-order valence-electron chi connectivity index (χ0n) is 9.06. The summed E-state index contributed by atoms with van der Waals surface area (Å²) in [5.41, 5.74) is 0.157. The number of thiophene rings is 1. The molecule has 1 aromatic heterocycles. The molecule has 0 saturated heterocycles. The highest BCUT2D eigenvalue weighted by Gasteiger charge is 2.38. The quantitative estimate of drug-likeness (QED) is 0.840. The summed E-state index contributed by atoms with van der Waals surface area (Å²) >= 11 is 1.11. The largest absolute Gasteiger partial charge is 0.391 e. The van der Waals surface area contributed by atoms with Gasteiger partial charge in [0.2, 0.25) is 10.0 Å². The fraction of sp³-hybridized carbons (Fsp3) is 0.600. The normalized spacial score (nSPS) is 18.6. The number of sulfonamides is 1. The average Bonchev–Trinajstić information content (AvgIpc) is 2.81. The summed E-state index contributed by atoms with van der Waals surface area (Å²) in [5.74, 6) is 0. The van der Waals surface area contributed by atoms with Crippen LogP contribution in [0.3, 0.4) is 0 Å². The maximum absolute atomic E-state index is 11.9. The Hall–Kier alpha value is -0.430. The lowest BCUT2D eigenvalue weighted by Crippen LogP contribution is -2.28. The van der Waals surface area contributed by atoms with E-state index in [1.165, 1.54) is 6.07 Å². The molecule has 2 rings (SSSR count). The Morgan fingerprint density at radius 1 is 1.50 bits per heavy atom. The van der Waals surface area contributed by atoms with E-state index in [2.05, 4.69) is 11.6 Å². The van der Waals surface area contributed by atoms with Crippen LogP contribution in [-0.4, -0.2) is 20.1 Å². The third kappa shape index (κ3) is 2.63. The molecule has 0 aliphatic heterocycles. The third-order valence-electron chi connectivity index (χ3n) is 2.85. The number of aliphatic hydroxyl groups excluding tert-OH is 1. The van der Waals surface area contributed by atoms with E-state index in [4.69, 9.17) is 5.11 Å². The van der Waals surface area contributed by atoms with Crippen molar-refractivity contribution in [2.75, 3.05) is 6.54 Å². The topological polar surface area (TPSA) is 66.4 Å². The Labute approximate surface area is 99.4 Å². The highest BCUT2D eigenvalue weighted by atomic mass is 32.2. The second-order valence-electron chi connectivity index (χ2n) is 4.51. The summed E-state index contributed by atoms with van der Waals surface area (Å²) in [6.45, 7) is 2.46. The molecule has 0 amide bonds. The lowest BCUT2D eigenvalue weighted by Gasteiger charge is -2.09. The lowest BCUT2D eigenvalue weighted by molar-refractivity contribution is 0.285. The summed E-state index contributed by atoms with van der Waals surface area (Å²) in [6, 6.07) is 3.17. The van der Waals surface area contributed by atoms with Crippen molar-refractivity contribution in [1.82, 2.24) is 4.72 Å². The van der Waals surface area contributed by atoms with Crippen LogP contribution in [0, 0.1) is 5.41 Å². The van der Waals surface area contributed by atoms with Crippen LogP contribution in [0.2, 0.25) is 0 Å². The molecule has 4 nitrogen and oxygen atoms in total. The average molecular weight is 261 g/mol. The summed E-state index contributed by atoms with van der Waals surface area (Å²) < 4.78 is 26.6. The van der Waals surface area contributed by atoms with Crippen LogP contribution in [0.5, 0.6) is 0 Å². The fourth-order valence-electron chi connectivity index (χ4n) is 1.32. The van der Waals surface area contributed by atoms with Crippen molar-refractivity contribution in [3.63, 3.8) is 0 Å². The standard InChI is InChI=1S/C10H15NO3S2/c1-10(4-5-10)7-11-16(13,14)9-3-2-8(6-12)15-9/h2-3,11-12H,4-7H2,1H3. The first-order valence-electron chi connectivity index (χ1n) is 5.14. The van der Waals surface area contributed by atoms with Crippen LogP contribution in [0.25, 0.3) is 0 Å². The van der Waals surface area contributed by atoms with Crippen molar-refractivity contribution >= 4 is 21.4 Å². The van der Waals surface area contributed by atoms with Crippen LogP contribution in [0.4, 0.5) is 0 Å². The highest BCUT2D eigenvalue weighted by Crippen LogP contribution is 2.44. The Morgan fingerprint density at radius 2 is 2.19 bits per heavy atom. The minimum atomic E-state index is -3.39. The van der Waals surface area contributed by atoms with Crippen molar-refractivity contribution < 1.29 is 13.5 Å². The third-order valence-corrected chi connectivity index (χ3v) is 5.81. The summed E-state index contributed by atoms with van der Waals surface area (Å²) in [7, 11) is -3.39. The SMILES string of the molecule is CC1(CNS(=O)(=O)c2ccc(CO)s2)CC1. The molecule has 0 spiro atoms. The Morgan fingerprint density at radius 3 is 2.69 bits per heavy atom. The molecule has 1 saturated carbocycles. The first kappa shape index (κ1) is 12.0. The fourth-order valence-corrected chi connectivity index (χ4v) is 3.78. The molecule has 1 heterocycles. The van der Waals surface area contributed by atoms with E-state index in [9.17, 15) is 8.42 Å². The Bertz CT molecular complexity index is 474. The maximum Gasteiger partial charge on any atom is 0.250 e. The molecule has 0 atom stereocenters. The molecular formula is C10H15NO3S2. The maximum atomic E-state index is 11.9. The van der Waals surface area contributed by atoms with E-state index in [-0.39, 0.29) is 16.2 Å². The minimum absolute atomic E-state index is 0.113. The van der Waals surface area contributed by atoms with Crippen molar-refractivity contribution in [2.24, 2.45) is 5.41 Å². The van der Waals surface area contributed by atoms with E-state index >= 15 is 0 Å². The predicted molar refractivity (Wildman–Crippen MR) is 62.8 cm³/mol. The molecule has 0 bridgehead atoms. The van der Waals surface area contributed by atoms with E-state index in [0.717, 1.165) is 24.2 Å². The van der Waals surface area contributed by atoms with Crippen LogP contribution >= 0.6 is 11.3 Å². The van der Waals surface area contributed by atoms with Gasteiger partial charge in [0, 0.05) is 11.4 Å². The van der Waals surface area contributed by atoms with E-state index in [1.807, 2.05) is 0 Å². The van der Waals surface area contributed by atoms with E-state index < -0.39 is 10.0 Å². The number of hydrogen-bond donors (Lipinski definition) is 2. The second kappa shape index (κ2) is 4.10. The molecule has 1 fully saturated rings. The number of rotatable bonds is 5. The summed E-state index contributed by atoms with van der Waals surface area (Å²) in [4.78, 5) is 0.665. The molecular weight excluding hydrogens is 246 g/mol. The van der Waals surface area contributed by atoms with Crippen molar-refractivity contribution in [3.05, 3.63) is 17.0 Å². The molecule has 1 aromatic rings. The van der Waals surface area contributed by atoms with E-state index in [0.29, 0.717) is 11.4 Å². The molecule has 2 N–H and O–H groups in total. The van der Waals surface area contributed by atoms with Gasteiger partial charge in [-0.15, -0.1) is 11.3 Å². The molecule has 1 aliphatic carbocycles. The van der Waals surface area contributed by atoms with Gasteiger partial charge < -0.3 is 5.11 Å². The molecule has 0 unspecified atom stereocenters. The van der Waals surface area contributed by atoms with Crippen molar-refractivity contribution in [1.29, 1.82) is 0 Å². The first-order chi connectivity index (χ1) is 7.45. The van der Waals surface area contributed by atoms with Gasteiger partial charge in [-0.25, -0.2) is 13.1 Å². The van der Waals surface area contributed by atoms with Gasteiger partial charge in [0.15, 0.2) is 0 Å². The molecule has 6 heteroatoms. The number of hydrogen-bond acceptors (Lipinski definition) is 4. The molecule has 90 valence electrons. The highest BCUT2D eigenvalue weighted by molar-refractivity contribution is 7.91. The Kier molecular flexibility index (Phi) is 3.09. The van der Waals surface area contributed by atoms with Gasteiger partial charge in [0.05, 0.1) is 6.61 Å². The monoisotopic (exact) mass is 261 g/mol. The predicted octanol–water partition coefficient (Wildman–Crippen LogP) is 1.32. The first-order valence-corrected chi connectivity index (χ1v) is 7.44. The minimum Gasteiger partial charge on any atom is -0.391 e. The van der Waals surface area contributed by atoms with Crippen LogP contribution in [0.1, 0.15) is 24.6 Å². The number of aliphatic hydroxyl groups is 1.